The number of aromatic amines is 1. The fraction of sp³-hybridized carbons (Fsp3) is 0.600. The number of nitrogens with two attached hydrogens (primary N) is 1. The molecule has 1 aliphatic rings. The molecule has 0 radical (unpaired) electrons. The van der Waals surface area contributed by atoms with Crippen molar-refractivity contribution in [2.45, 2.75) is 25.8 Å². The largest absolute Gasteiger partial charge is 0.337 e. The van der Waals surface area contributed by atoms with Gasteiger partial charge in [-0.1, -0.05) is 0 Å². The van der Waals surface area contributed by atoms with E-state index in [-0.39, 0.29) is 11.9 Å². The quantitative estimate of drug-likeness (QED) is 0.696. The molecule has 0 aromatic carbocycles. The second-order valence-electron chi connectivity index (χ2n) is 4.06. The number of carbonyl (C=O) groups is 1. The number of carbonyl (C=O) groups excluding carboxylic acids is 1. The van der Waals surface area contributed by atoms with Crippen LogP contribution in [0.25, 0.3) is 0 Å². The van der Waals surface area contributed by atoms with E-state index < -0.39 is 0 Å². The number of H-pyrrole nitrogens is 1. The van der Waals surface area contributed by atoms with Crippen LogP contribution in [0, 0.1) is 6.92 Å². The highest BCUT2D eigenvalue weighted by Gasteiger charge is 2.23. The average molecular weight is 208 g/mol. The van der Waals surface area contributed by atoms with Crippen molar-refractivity contribution in [1.29, 1.82) is 0 Å². The fourth-order valence-electron chi connectivity index (χ4n) is 1.93. The first-order chi connectivity index (χ1) is 7.18. The number of piperidine rings is 1. The van der Waals surface area contributed by atoms with Crippen LogP contribution < -0.4 is 5.73 Å². The van der Waals surface area contributed by atoms with Gasteiger partial charge in [-0.05, 0) is 19.8 Å². The molecule has 1 amide bonds. The molecule has 1 saturated heterocycles. The van der Waals surface area contributed by atoms with Gasteiger partial charge < -0.3 is 10.6 Å². The Labute approximate surface area is 88.6 Å². The number of hydrogen-bond acceptors (Lipinski definition) is 3. The molecule has 3 N–H and O–H groups in total. The molecule has 82 valence electrons. The summed E-state index contributed by atoms with van der Waals surface area (Å²) in [5.41, 5.74) is 7.31. The summed E-state index contributed by atoms with van der Waals surface area (Å²) in [6, 6.07) is 0.120. The first kappa shape index (κ1) is 10.2. The van der Waals surface area contributed by atoms with E-state index in [0.717, 1.165) is 25.1 Å². The lowest BCUT2D eigenvalue weighted by molar-refractivity contribution is 0.0708. The minimum atomic E-state index is 0.0383. The predicted octanol–water partition coefficient (Wildman–Crippen LogP) is 0.281. The van der Waals surface area contributed by atoms with Gasteiger partial charge in [-0.2, -0.15) is 5.10 Å². The maximum atomic E-state index is 12.0. The number of hydrogen-bond donors (Lipinski definition) is 2. The first-order valence-electron chi connectivity index (χ1n) is 5.23. The minimum Gasteiger partial charge on any atom is -0.337 e. The van der Waals surface area contributed by atoms with Crippen LogP contribution in [0.2, 0.25) is 0 Å². The third kappa shape index (κ3) is 2.02. The fourth-order valence-corrected chi connectivity index (χ4v) is 1.93. The molecular weight excluding hydrogens is 192 g/mol. The van der Waals surface area contributed by atoms with Gasteiger partial charge in [0.25, 0.3) is 5.91 Å². The number of rotatable bonds is 1. The Morgan fingerprint density at radius 3 is 3.13 bits per heavy atom. The predicted molar refractivity (Wildman–Crippen MR) is 56.4 cm³/mol. The molecule has 0 bridgehead atoms. The van der Waals surface area contributed by atoms with Gasteiger partial charge in [0, 0.05) is 24.8 Å². The van der Waals surface area contributed by atoms with Crippen molar-refractivity contribution >= 4 is 5.91 Å². The van der Waals surface area contributed by atoms with Crippen LogP contribution in [0.15, 0.2) is 6.20 Å². The number of amides is 1. The van der Waals surface area contributed by atoms with Crippen molar-refractivity contribution in [3.63, 3.8) is 0 Å². The van der Waals surface area contributed by atoms with Gasteiger partial charge in [-0.15, -0.1) is 0 Å². The van der Waals surface area contributed by atoms with Crippen LogP contribution >= 0.6 is 0 Å². The Morgan fingerprint density at radius 1 is 1.73 bits per heavy atom. The number of aromatic nitrogens is 2. The second-order valence-corrected chi connectivity index (χ2v) is 4.06. The van der Waals surface area contributed by atoms with E-state index in [1.807, 2.05) is 11.8 Å². The Bertz CT molecular complexity index is 360. The number of aryl methyl sites for hydroxylation is 1. The van der Waals surface area contributed by atoms with Crippen molar-refractivity contribution in [3.8, 4) is 0 Å². The summed E-state index contributed by atoms with van der Waals surface area (Å²) in [6.45, 7) is 3.31. The van der Waals surface area contributed by atoms with Crippen molar-refractivity contribution in [2.75, 3.05) is 13.1 Å². The van der Waals surface area contributed by atoms with Crippen molar-refractivity contribution in [3.05, 3.63) is 17.5 Å². The summed E-state index contributed by atoms with van der Waals surface area (Å²) in [5.74, 6) is 0.0383. The number of nitrogens with zero attached hydrogens (tertiary/aromatic N) is 2. The highest BCUT2D eigenvalue weighted by atomic mass is 16.2. The van der Waals surface area contributed by atoms with E-state index >= 15 is 0 Å². The molecule has 1 aromatic heterocycles. The first-order valence-corrected chi connectivity index (χ1v) is 5.23. The zero-order valence-corrected chi connectivity index (χ0v) is 8.86. The van der Waals surface area contributed by atoms with Crippen LogP contribution in [0.3, 0.4) is 0 Å². The van der Waals surface area contributed by atoms with E-state index in [0.29, 0.717) is 12.1 Å². The Balaban J connectivity index is 2.11. The summed E-state index contributed by atoms with van der Waals surface area (Å²) in [6.07, 6.45) is 3.58. The normalized spacial score (nSPS) is 21.7. The Morgan fingerprint density at radius 2 is 2.53 bits per heavy atom. The zero-order valence-electron chi connectivity index (χ0n) is 8.86. The van der Waals surface area contributed by atoms with E-state index in [1.54, 1.807) is 6.20 Å². The molecule has 2 heterocycles. The lowest BCUT2D eigenvalue weighted by Crippen LogP contribution is -2.45. The minimum absolute atomic E-state index is 0.0383. The second kappa shape index (κ2) is 4.02. The SMILES string of the molecule is Cc1[nH]ncc1C(=O)N1CCC[C@@H](N)C1. The van der Waals surface area contributed by atoms with E-state index in [4.69, 9.17) is 5.73 Å². The maximum Gasteiger partial charge on any atom is 0.257 e. The number of likely N-dealkylation sites (tertiary alicyclic amines) is 1. The zero-order chi connectivity index (χ0) is 10.8. The molecule has 2 rings (SSSR count). The van der Waals surface area contributed by atoms with Crippen LogP contribution in [-0.4, -0.2) is 40.1 Å². The molecule has 5 nitrogen and oxygen atoms in total. The lowest BCUT2D eigenvalue weighted by Gasteiger charge is -2.30. The molecule has 1 aliphatic heterocycles. The summed E-state index contributed by atoms with van der Waals surface area (Å²) >= 11 is 0. The van der Waals surface area contributed by atoms with Crippen LogP contribution in [0.1, 0.15) is 28.9 Å². The molecule has 0 unspecified atom stereocenters. The number of nitrogens with one attached hydrogen (secondary N) is 1. The molecule has 15 heavy (non-hydrogen) atoms. The van der Waals surface area contributed by atoms with Gasteiger partial charge in [0.2, 0.25) is 0 Å². The molecule has 1 aromatic rings. The molecule has 1 fully saturated rings. The van der Waals surface area contributed by atoms with Gasteiger partial charge in [0.15, 0.2) is 0 Å². The summed E-state index contributed by atoms with van der Waals surface area (Å²) in [4.78, 5) is 13.8. The van der Waals surface area contributed by atoms with Gasteiger partial charge in [-0.3, -0.25) is 9.89 Å². The highest BCUT2D eigenvalue weighted by molar-refractivity contribution is 5.95. The van der Waals surface area contributed by atoms with Gasteiger partial charge in [0.1, 0.15) is 0 Å². The summed E-state index contributed by atoms with van der Waals surface area (Å²) in [7, 11) is 0. The van der Waals surface area contributed by atoms with Gasteiger partial charge >= 0.3 is 0 Å². The van der Waals surface area contributed by atoms with E-state index in [2.05, 4.69) is 10.2 Å². The highest BCUT2D eigenvalue weighted by Crippen LogP contribution is 2.13. The van der Waals surface area contributed by atoms with E-state index in [9.17, 15) is 4.79 Å². The summed E-state index contributed by atoms with van der Waals surface area (Å²) in [5, 5.41) is 6.62. The third-order valence-corrected chi connectivity index (χ3v) is 2.81. The lowest BCUT2D eigenvalue weighted by atomic mass is 10.1. The van der Waals surface area contributed by atoms with Crippen LogP contribution in [-0.2, 0) is 0 Å². The Hall–Kier alpha value is -1.36. The summed E-state index contributed by atoms with van der Waals surface area (Å²) < 4.78 is 0. The van der Waals surface area contributed by atoms with Crippen LogP contribution in [0.4, 0.5) is 0 Å². The van der Waals surface area contributed by atoms with Gasteiger partial charge in [0.05, 0.1) is 11.8 Å². The topological polar surface area (TPSA) is 75.0 Å². The molecular formula is C10H16N4O. The van der Waals surface area contributed by atoms with Gasteiger partial charge in [-0.25, -0.2) is 0 Å². The van der Waals surface area contributed by atoms with E-state index in [1.165, 1.54) is 0 Å². The molecule has 5 heteroatoms. The van der Waals surface area contributed by atoms with Crippen molar-refractivity contribution < 1.29 is 4.79 Å². The Kier molecular flexibility index (Phi) is 2.73. The monoisotopic (exact) mass is 208 g/mol. The van der Waals surface area contributed by atoms with Crippen molar-refractivity contribution in [2.24, 2.45) is 5.73 Å². The van der Waals surface area contributed by atoms with Crippen LogP contribution in [0.5, 0.6) is 0 Å². The smallest absolute Gasteiger partial charge is 0.257 e. The van der Waals surface area contributed by atoms with Crippen molar-refractivity contribution in [1.82, 2.24) is 15.1 Å². The average Bonchev–Trinajstić information content (AvgIpc) is 2.63. The maximum absolute atomic E-state index is 12.0. The molecule has 0 aliphatic carbocycles. The molecule has 0 spiro atoms. The standard InChI is InChI=1S/C10H16N4O/c1-7-9(5-12-13-7)10(15)14-4-2-3-8(11)6-14/h5,8H,2-4,6,11H2,1H3,(H,12,13)/t8-/m1/s1. The third-order valence-electron chi connectivity index (χ3n) is 2.81. The molecule has 0 saturated carbocycles. The molecule has 1 atom stereocenters.